The lowest BCUT2D eigenvalue weighted by molar-refractivity contribution is -0.132. The monoisotopic (exact) mass is 306 g/mol. The molecular formula is C17H26N2O3. The van der Waals surface area contributed by atoms with Crippen LogP contribution in [0.2, 0.25) is 0 Å². The van der Waals surface area contributed by atoms with Crippen LogP contribution in [0.1, 0.15) is 24.8 Å². The Morgan fingerprint density at radius 3 is 2.27 bits per heavy atom. The number of carbonyl (C=O) groups excluding carboxylic acids is 1. The summed E-state index contributed by atoms with van der Waals surface area (Å²) in [7, 11) is 3.26. The van der Waals surface area contributed by atoms with Crippen molar-refractivity contribution in [2.75, 3.05) is 33.9 Å². The SMILES string of the molecule is COc1cc(CCC(=O)N2CCC(CN)CC2)cc(OC)c1. The van der Waals surface area contributed by atoms with Crippen molar-refractivity contribution in [2.45, 2.75) is 25.7 Å². The first-order chi connectivity index (χ1) is 10.7. The molecule has 0 saturated carbocycles. The number of hydrogen-bond acceptors (Lipinski definition) is 4. The van der Waals surface area contributed by atoms with Crippen molar-refractivity contribution in [1.29, 1.82) is 0 Å². The number of piperidine rings is 1. The average molecular weight is 306 g/mol. The standard InChI is InChI=1S/C17H26N2O3/c1-21-15-9-14(10-16(11-15)22-2)3-4-17(20)19-7-5-13(12-18)6-8-19/h9-11,13H,3-8,12,18H2,1-2H3. The lowest BCUT2D eigenvalue weighted by atomic mass is 9.96. The number of amides is 1. The van der Waals surface area contributed by atoms with Gasteiger partial charge in [-0.25, -0.2) is 0 Å². The van der Waals surface area contributed by atoms with Crippen LogP contribution in [0.25, 0.3) is 0 Å². The molecule has 22 heavy (non-hydrogen) atoms. The Morgan fingerprint density at radius 1 is 1.18 bits per heavy atom. The first kappa shape index (κ1) is 16.6. The third-order valence-electron chi connectivity index (χ3n) is 4.34. The molecule has 1 heterocycles. The largest absolute Gasteiger partial charge is 0.497 e. The minimum absolute atomic E-state index is 0.220. The van der Waals surface area contributed by atoms with Gasteiger partial charge in [0.05, 0.1) is 14.2 Å². The molecule has 5 nitrogen and oxygen atoms in total. The number of rotatable bonds is 6. The molecule has 1 aliphatic rings. The summed E-state index contributed by atoms with van der Waals surface area (Å²) in [6.45, 7) is 2.40. The molecular weight excluding hydrogens is 280 g/mol. The average Bonchev–Trinajstić information content (AvgIpc) is 2.59. The Bertz CT molecular complexity index is 474. The Labute approximate surface area is 132 Å². The topological polar surface area (TPSA) is 64.8 Å². The predicted octanol–water partition coefficient (Wildman–Crippen LogP) is 1.83. The quantitative estimate of drug-likeness (QED) is 0.871. The maximum atomic E-state index is 12.3. The van der Waals surface area contributed by atoms with E-state index in [2.05, 4.69) is 0 Å². The van der Waals surface area contributed by atoms with Crippen molar-refractivity contribution in [3.63, 3.8) is 0 Å². The Balaban J connectivity index is 1.88. The molecule has 0 aromatic heterocycles. The molecule has 2 N–H and O–H groups in total. The van der Waals surface area contributed by atoms with E-state index in [0.717, 1.165) is 49.5 Å². The van der Waals surface area contributed by atoms with Gasteiger partial charge < -0.3 is 20.1 Å². The predicted molar refractivity (Wildman–Crippen MR) is 86.2 cm³/mol. The van der Waals surface area contributed by atoms with Crippen LogP contribution < -0.4 is 15.2 Å². The van der Waals surface area contributed by atoms with E-state index in [1.54, 1.807) is 14.2 Å². The van der Waals surface area contributed by atoms with Gasteiger partial charge in [0.2, 0.25) is 5.91 Å². The fourth-order valence-corrected chi connectivity index (χ4v) is 2.84. The van der Waals surface area contributed by atoms with Crippen LogP contribution in [0.3, 0.4) is 0 Å². The second kappa shape index (κ2) is 8.03. The van der Waals surface area contributed by atoms with Crippen LogP contribution in [0, 0.1) is 5.92 Å². The van der Waals surface area contributed by atoms with Crippen LogP contribution in [0.4, 0.5) is 0 Å². The third-order valence-corrected chi connectivity index (χ3v) is 4.34. The normalized spacial score (nSPS) is 15.7. The van der Waals surface area contributed by atoms with E-state index in [1.165, 1.54) is 0 Å². The zero-order valence-corrected chi connectivity index (χ0v) is 13.5. The highest BCUT2D eigenvalue weighted by Crippen LogP contribution is 2.24. The van der Waals surface area contributed by atoms with Crippen LogP contribution in [0.15, 0.2) is 18.2 Å². The number of ether oxygens (including phenoxy) is 2. The molecule has 0 aliphatic carbocycles. The lowest BCUT2D eigenvalue weighted by Gasteiger charge is -2.31. The molecule has 1 saturated heterocycles. The summed E-state index contributed by atoms with van der Waals surface area (Å²) in [6.07, 6.45) is 3.26. The molecule has 0 atom stereocenters. The van der Waals surface area contributed by atoms with E-state index in [0.29, 0.717) is 18.8 Å². The van der Waals surface area contributed by atoms with Gasteiger partial charge in [0.1, 0.15) is 11.5 Å². The lowest BCUT2D eigenvalue weighted by Crippen LogP contribution is -2.40. The molecule has 122 valence electrons. The Kier molecular flexibility index (Phi) is 6.07. The van der Waals surface area contributed by atoms with Crippen molar-refractivity contribution < 1.29 is 14.3 Å². The molecule has 0 spiro atoms. The summed E-state index contributed by atoms with van der Waals surface area (Å²) in [5, 5.41) is 0. The van der Waals surface area contributed by atoms with Gasteiger partial charge in [0.15, 0.2) is 0 Å². The maximum Gasteiger partial charge on any atom is 0.222 e. The third kappa shape index (κ3) is 4.37. The summed E-state index contributed by atoms with van der Waals surface area (Å²) in [6, 6.07) is 5.75. The van der Waals surface area contributed by atoms with Gasteiger partial charge in [0, 0.05) is 25.6 Å². The fourth-order valence-electron chi connectivity index (χ4n) is 2.84. The number of methoxy groups -OCH3 is 2. The zero-order chi connectivity index (χ0) is 15.9. The summed E-state index contributed by atoms with van der Waals surface area (Å²) in [4.78, 5) is 14.3. The zero-order valence-electron chi connectivity index (χ0n) is 13.5. The van der Waals surface area contributed by atoms with E-state index in [4.69, 9.17) is 15.2 Å². The minimum Gasteiger partial charge on any atom is -0.497 e. The highest BCUT2D eigenvalue weighted by atomic mass is 16.5. The number of nitrogens with zero attached hydrogens (tertiary/aromatic N) is 1. The van der Waals surface area contributed by atoms with Gasteiger partial charge in [-0.05, 0) is 49.4 Å². The van der Waals surface area contributed by atoms with Gasteiger partial charge in [-0.2, -0.15) is 0 Å². The highest BCUT2D eigenvalue weighted by Gasteiger charge is 2.21. The van der Waals surface area contributed by atoms with E-state index in [9.17, 15) is 4.79 Å². The minimum atomic E-state index is 0.220. The molecule has 1 aliphatic heterocycles. The second-order valence-corrected chi connectivity index (χ2v) is 5.78. The number of benzene rings is 1. The van der Waals surface area contributed by atoms with Crippen molar-refractivity contribution in [2.24, 2.45) is 11.7 Å². The highest BCUT2D eigenvalue weighted by molar-refractivity contribution is 5.76. The van der Waals surface area contributed by atoms with E-state index >= 15 is 0 Å². The molecule has 1 fully saturated rings. The molecule has 0 radical (unpaired) electrons. The van der Waals surface area contributed by atoms with Crippen molar-refractivity contribution in [3.05, 3.63) is 23.8 Å². The number of hydrogen-bond donors (Lipinski definition) is 1. The van der Waals surface area contributed by atoms with Crippen molar-refractivity contribution >= 4 is 5.91 Å². The molecule has 2 rings (SSSR count). The van der Waals surface area contributed by atoms with Crippen LogP contribution >= 0.6 is 0 Å². The van der Waals surface area contributed by atoms with E-state index in [-0.39, 0.29) is 5.91 Å². The van der Waals surface area contributed by atoms with Crippen molar-refractivity contribution in [3.8, 4) is 11.5 Å². The van der Waals surface area contributed by atoms with Crippen LogP contribution in [-0.4, -0.2) is 44.7 Å². The molecule has 0 bridgehead atoms. The van der Waals surface area contributed by atoms with E-state index in [1.807, 2.05) is 23.1 Å². The van der Waals surface area contributed by atoms with Gasteiger partial charge in [0.25, 0.3) is 0 Å². The Hall–Kier alpha value is -1.75. The summed E-state index contributed by atoms with van der Waals surface area (Å²) in [5.41, 5.74) is 6.74. The summed E-state index contributed by atoms with van der Waals surface area (Å²) >= 11 is 0. The first-order valence-corrected chi connectivity index (χ1v) is 7.86. The summed E-state index contributed by atoms with van der Waals surface area (Å²) in [5.74, 6) is 2.31. The van der Waals surface area contributed by atoms with Gasteiger partial charge in [-0.15, -0.1) is 0 Å². The summed E-state index contributed by atoms with van der Waals surface area (Å²) < 4.78 is 10.5. The fraction of sp³-hybridized carbons (Fsp3) is 0.588. The molecule has 1 aromatic carbocycles. The van der Waals surface area contributed by atoms with E-state index < -0.39 is 0 Å². The smallest absolute Gasteiger partial charge is 0.222 e. The van der Waals surface area contributed by atoms with Crippen LogP contribution in [0.5, 0.6) is 11.5 Å². The molecule has 1 aromatic rings. The van der Waals surface area contributed by atoms with Gasteiger partial charge >= 0.3 is 0 Å². The second-order valence-electron chi connectivity index (χ2n) is 5.78. The van der Waals surface area contributed by atoms with Gasteiger partial charge in [-0.1, -0.05) is 0 Å². The Morgan fingerprint density at radius 2 is 1.77 bits per heavy atom. The van der Waals surface area contributed by atoms with Gasteiger partial charge in [-0.3, -0.25) is 4.79 Å². The van der Waals surface area contributed by atoms with Crippen molar-refractivity contribution in [1.82, 2.24) is 4.90 Å². The number of likely N-dealkylation sites (tertiary alicyclic amines) is 1. The number of carbonyl (C=O) groups is 1. The number of nitrogens with two attached hydrogens (primary N) is 1. The van der Waals surface area contributed by atoms with Crippen LogP contribution in [-0.2, 0) is 11.2 Å². The first-order valence-electron chi connectivity index (χ1n) is 7.86. The number of aryl methyl sites for hydroxylation is 1. The molecule has 0 unspecified atom stereocenters. The maximum absolute atomic E-state index is 12.3. The molecule has 5 heteroatoms. The molecule has 1 amide bonds.